The Balaban J connectivity index is 2.03. The number of aryl methyl sites for hydroxylation is 1. The van der Waals surface area contributed by atoms with Crippen molar-refractivity contribution in [3.8, 4) is 0 Å². The molecule has 0 atom stereocenters. The van der Waals surface area contributed by atoms with Crippen molar-refractivity contribution in [2.24, 2.45) is 5.92 Å². The Morgan fingerprint density at radius 2 is 1.91 bits per heavy atom. The number of carbonyl (C=O) groups excluding carboxylic acids is 1. The molecule has 23 heavy (non-hydrogen) atoms. The SMILES string of the molecule is Cc1cccc(C(=O)N2CCN(CCC(C)C)CC2)c1[N+](=O)[O-]. The summed E-state index contributed by atoms with van der Waals surface area (Å²) >= 11 is 0. The van der Waals surface area contributed by atoms with E-state index in [0.29, 0.717) is 24.6 Å². The highest BCUT2D eigenvalue weighted by Gasteiger charge is 2.28. The zero-order chi connectivity index (χ0) is 17.0. The van der Waals surface area contributed by atoms with Gasteiger partial charge in [0.1, 0.15) is 5.56 Å². The van der Waals surface area contributed by atoms with Crippen LogP contribution < -0.4 is 0 Å². The van der Waals surface area contributed by atoms with E-state index in [1.165, 1.54) is 0 Å². The third kappa shape index (κ3) is 4.28. The Morgan fingerprint density at radius 3 is 2.48 bits per heavy atom. The topological polar surface area (TPSA) is 66.7 Å². The highest BCUT2D eigenvalue weighted by atomic mass is 16.6. The molecule has 0 bridgehead atoms. The Kier molecular flexibility index (Phi) is 5.71. The zero-order valence-electron chi connectivity index (χ0n) is 14.1. The van der Waals surface area contributed by atoms with Crippen LogP contribution >= 0.6 is 0 Å². The minimum Gasteiger partial charge on any atom is -0.336 e. The minimum absolute atomic E-state index is 0.0697. The largest absolute Gasteiger partial charge is 0.336 e. The molecule has 1 aliphatic heterocycles. The molecular formula is C17H25N3O3. The fraction of sp³-hybridized carbons (Fsp3) is 0.588. The molecule has 6 heteroatoms. The maximum Gasteiger partial charge on any atom is 0.285 e. The lowest BCUT2D eigenvalue weighted by Gasteiger charge is -2.35. The second-order valence-electron chi connectivity index (χ2n) is 6.54. The van der Waals surface area contributed by atoms with E-state index in [1.54, 1.807) is 30.0 Å². The van der Waals surface area contributed by atoms with Crippen molar-refractivity contribution in [2.45, 2.75) is 27.2 Å². The molecule has 2 rings (SSSR count). The molecule has 0 aromatic heterocycles. The summed E-state index contributed by atoms with van der Waals surface area (Å²) in [6.07, 6.45) is 1.15. The minimum atomic E-state index is -0.457. The molecule has 1 fully saturated rings. The number of amides is 1. The fourth-order valence-corrected chi connectivity index (χ4v) is 2.86. The molecule has 1 aliphatic rings. The number of para-hydroxylation sites is 1. The van der Waals surface area contributed by atoms with Gasteiger partial charge in [-0.1, -0.05) is 26.0 Å². The van der Waals surface area contributed by atoms with Crippen LogP contribution in [0.3, 0.4) is 0 Å². The molecule has 1 aromatic rings. The number of hydrogen-bond acceptors (Lipinski definition) is 4. The second kappa shape index (κ2) is 7.55. The van der Waals surface area contributed by atoms with E-state index in [0.717, 1.165) is 26.1 Å². The number of nitro groups is 1. The summed E-state index contributed by atoms with van der Waals surface area (Å²) in [7, 11) is 0. The van der Waals surface area contributed by atoms with Gasteiger partial charge in [0.25, 0.3) is 11.6 Å². The third-order valence-electron chi connectivity index (χ3n) is 4.33. The van der Waals surface area contributed by atoms with Crippen molar-refractivity contribution in [3.63, 3.8) is 0 Å². The van der Waals surface area contributed by atoms with E-state index in [1.807, 2.05) is 0 Å². The van der Waals surface area contributed by atoms with Gasteiger partial charge in [0.05, 0.1) is 4.92 Å². The summed E-state index contributed by atoms with van der Waals surface area (Å²) in [6.45, 7) is 10.0. The van der Waals surface area contributed by atoms with Crippen LogP contribution in [0.2, 0.25) is 0 Å². The Hall–Kier alpha value is -1.95. The van der Waals surface area contributed by atoms with E-state index < -0.39 is 4.92 Å². The van der Waals surface area contributed by atoms with Crippen molar-refractivity contribution in [2.75, 3.05) is 32.7 Å². The standard InChI is InChI=1S/C17H25N3O3/c1-13(2)7-8-18-9-11-19(12-10-18)17(21)15-6-4-5-14(3)16(15)20(22)23/h4-6,13H,7-12H2,1-3H3. The smallest absolute Gasteiger partial charge is 0.285 e. The van der Waals surface area contributed by atoms with E-state index in [4.69, 9.17) is 0 Å². The second-order valence-corrected chi connectivity index (χ2v) is 6.54. The molecule has 0 radical (unpaired) electrons. The molecule has 0 aliphatic carbocycles. The van der Waals surface area contributed by atoms with Crippen molar-refractivity contribution in [1.82, 2.24) is 9.80 Å². The molecule has 1 saturated heterocycles. The molecule has 126 valence electrons. The van der Waals surface area contributed by atoms with Gasteiger partial charge in [-0.25, -0.2) is 0 Å². The predicted molar refractivity (Wildman–Crippen MR) is 89.6 cm³/mol. The molecule has 1 aromatic carbocycles. The van der Waals surface area contributed by atoms with Crippen LogP contribution in [0.1, 0.15) is 36.2 Å². The van der Waals surface area contributed by atoms with Crippen LogP contribution in [0.5, 0.6) is 0 Å². The molecule has 1 heterocycles. The molecule has 0 spiro atoms. The average molecular weight is 319 g/mol. The normalized spacial score (nSPS) is 15.9. The van der Waals surface area contributed by atoms with Gasteiger partial charge >= 0.3 is 0 Å². The Labute approximate surface area is 137 Å². The van der Waals surface area contributed by atoms with Crippen LogP contribution in [0.4, 0.5) is 5.69 Å². The van der Waals surface area contributed by atoms with Crippen molar-refractivity contribution in [1.29, 1.82) is 0 Å². The number of rotatable bonds is 5. The molecule has 0 saturated carbocycles. The average Bonchev–Trinajstić information content (AvgIpc) is 2.52. The lowest BCUT2D eigenvalue weighted by atomic mass is 10.1. The van der Waals surface area contributed by atoms with Crippen LogP contribution in [-0.4, -0.2) is 53.4 Å². The molecule has 0 unspecified atom stereocenters. The summed E-state index contributed by atoms with van der Waals surface area (Å²) in [4.78, 5) is 27.5. The van der Waals surface area contributed by atoms with E-state index in [2.05, 4.69) is 18.7 Å². The van der Waals surface area contributed by atoms with Crippen LogP contribution in [-0.2, 0) is 0 Å². The number of nitro benzene ring substituents is 1. The van der Waals surface area contributed by atoms with Crippen molar-refractivity contribution < 1.29 is 9.72 Å². The first-order valence-corrected chi connectivity index (χ1v) is 8.15. The van der Waals surface area contributed by atoms with Crippen LogP contribution in [0, 0.1) is 23.0 Å². The predicted octanol–water partition coefficient (Wildman–Crippen LogP) is 2.71. The first kappa shape index (κ1) is 17.4. The van der Waals surface area contributed by atoms with Gasteiger partial charge < -0.3 is 4.90 Å². The van der Waals surface area contributed by atoms with Gasteiger partial charge in [-0.05, 0) is 31.9 Å². The highest BCUT2D eigenvalue weighted by molar-refractivity contribution is 5.98. The lowest BCUT2D eigenvalue weighted by molar-refractivity contribution is -0.385. The van der Waals surface area contributed by atoms with E-state index >= 15 is 0 Å². The third-order valence-corrected chi connectivity index (χ3v) is 4.33. The number of nitrogens with zero attached hydrogens (tertiary/aromatic N) is 3. The van der Waals surface area contributed by atoms with Gasteiger partial charge in [-0.3, -0.25) is 19.8 Å². The number of piperazine rings is 1. The first-order chi connectivity index (χ1) is 10.9. The van der Waals surface area contributed by atoms with E-state index in [-0.39, 0.29) is 17.2 Å². The molecular weight excluding hydrogens is 294 g/mol. The maximum absolute atomic E-state index is 12.7. The number of benzene rings is 1. The lowest BCUT2D eigenvalue weighted by Crippen LogP contribution is -2.49. The van der Waals surface area contributed by atoms with Gasteiger partial charge in [-0.2, -0.15) is 0 Å². The number of hydrogen-bond donors (Lipinski definition) is 0. The summed E-state index contributed by atoms with van der Waals surface area (Å²) in [5.41, 5.74) is 0.654. The molecule has 6 nitrogen and oxygen atoms in total. The van der Waals surface area contributed by atoms with Crippen molar-refractivity contribution >= 4 is 11.6 Å². The summed E-state index contributed by atoms with van der Waals surface area (Å²) < 4.78 is 0. The molecule has 1 amide bonds. The van der Waals surface area contributed by atoms with E-state index in [9.17, 15) is 14.9 Å². The first-order valence-electron chi connectivity index (χ1n) is 8.15. The summed E-state index contributed by atoms with van der Waals surface area (Å²) in [5.74, 6) is 0.438. The highest BCUT2D eigenvalue weighted by Crippen LogP contribution is 2.24. The van der Waals surface area contributed by atoms with Crippen LogP contribution in [0.25, 0.3) is 0 Å². The quantitative estimate of drug-likeness (QED) is 0.618. The molecule has 0 N–H and O–H groups in total. The van der Waals surface area contributed by atoms with Crippen molar-refractivity contribution in [3.05, 3.63) is 39.4 Å². The Morgan fingerprint density at radius 1 is 1.26 bits per heavy atom. The van der Waals surface area contributed by atoms with Gasteiger partial charge in [-0.15, -0.1) is 0 Å². The van der Waals surface area contributed by atoms with Gasteiger partial charge in [0.2, 0.25) is 0 Å². The number of carbonyl (C=O) groups is 1. The fourth-order valence-electron chi connectivity index (χ4n) is 2.86. The maximum atomic E-state index is 12.7. The summed E-state index contributed by atoms with van der Waals surface area (Å²) in [5, 5.41) is 11.3. The van der Waals surface area contributed by atoms with Gasteiger partial charge in [0.15, 0.2) is 0 Å². The monoisotopic (exact) mass is 319 g/mol. The van der Waals surface area contributed by atoms with Crippen LogP contribution in [0.15, 0.2) is 18.2 Å². The summed E-state index contributed by atoms with van der Waals surface area (Å²) in [6, 6.07) is 4.92. The zero-order valence-corrected chi connectivity index (χ0v) is 14.1. The Bertz CT molecular complexity index is 578. The van der Waals surface area contributed by atoms with Gasteiger partial charge in [0, 0.05) is 31.7 Å².